The summed E-state index contributed by atoms with van der Waals surface area (Å²) >= 11 is 0. The van der Waals surface area contributed by atoms with Gasteiger partial charge in [0.2, 0.25) is 0 Å². The first-order valence-corrected chi connectivity index (χ1v) is 6.16. The molecular formula is C15H20N2. The van der Waals surface area contributed by atoms with Crippen molar-refractivity contribution >= 4 is 10.9 Å². The second-order valence-electron chi connectivity index (χ2n) is 5.15. The van der Waals surface area contributed by atoms with Crippen LogP contribution in [-0.4, -0.2) is 9.97 Å². The van der Waals surface area contributed by atoms with Crippen molar-refractivity contribution in [3.8, 4) is 0 Å². The topological polar surface area (TPSA) is 25.8 Å². The van der Waals surface area contributed by atoms with Crippen molar-refractivity contribution in [2.24, 2.45) is 0 Å². The standard InChI is InChI=1S/C15H20N2/c1-8(2)14-15-13(9(3)7-16-14)11(5)10(4)12(6)17-15/h7-8H,1-6H3. The van der Waals surface area contributed by atoms with Crippen LogP contribution in [0.2, 0.25) is 0 Å². The van der Waals surface area contributed by atoms with Gasteiger partial charge in [0.25, 0.3) is 0 Å². The van der Waals surface area contributed by atoms with E-state index in [0.29, 0.717) is 5.92 Å². The molecular weight excluding hydrogens is 208 g/mol. The van der Waals surface area contributed by atoms with Gasteiger partial charge < -0.3 is 0 Å². The van der Waals surface area contributed by atoms with Crippen molar-refractivity contribution in [3.63, 3.8) is 0 Å². The van der Waals surface area contributed by atoms with Crippen molar-refractivity contribution in [2.45, 2.75) is 47.5 Å². The Labute approximate surface area is 103 Å². The molecule has 90 valence electrons. The van der Waals surface area contributed by atoms with Gasteiger partial charge in [-0.1, -0.05) is 13.8 Å². The van der Waals surface area contributed by atoms with E-state index in [1.807, 2.05) is 6.20 Å². The fourth-order valence-electron chi connectivity index (χ4n) is 2.33. The summed E-state index contributed by atoms with van der Waals surface area (Å²) in [6.07, 6.45) is 1.97. The molecule has 2 aromatic rings. The smallest absolute Gasteiger partial charge is 0.0928 e. The number of aryl methyl sites for hydroxylation is 3. The van der Waals surface area contributed by atoms with E-state index in [-0.39, 0.29) is 0 Å². The Morgan fingerprint density at radius 1 is 1.00 bits per heavy atom. The van der Waals surface area contributed by atoms with E-state index in [2.05, 4.69) is 46.5 Å². The SMILES string of the molecule is Cc1nc2c(C(C)C)ncc(C)c2c(C)c1C. The summed E-state index contributed by atoms with van der Waals surface area (Å²) in [5, 5.41) is 1.28. The van der Waals surface area contributed by atoms with Crippen LogP contribution in [-0.2, 0) is 0 Å². The highest BCUT2D eigenvalue weighted by Crippen LogP contribution is 2.29. The normalized spacial score (nSPS) is 11.5. The molecule has 0 saturated heterocycles. The van der Waals surface area contributed by atoms with Crippen LogP contribution in [0.3, 0.4) is 0 Å². The summed E-state index contributed by atoms with van der Waals surface area (Å²) in [4.78, 5) is 9.31. The zero-order chi connectivity index (χ0) is 12.7. The van der Waals surface area contributed by atoms with Gasteiger partial charge in [-0.05, 0) is 50.3 Å². The Bertz CT molecular complexity index is 583. The molecule has 0 aliphatic rings. The molecule has 2 aromatic heterocycles. The van der Waals surface area contributed by atoms with Crippen LogP contribution >= 0.6 is 0 Å². The van der Waals surface area contributed by atoms with Gasteiger partial charge >= 0.3 is 0 Å². The molecule has 0 aromatic carbocycles. The van der Waals surface area contributed by atoms with E-state index in [9.17, 15) is 0 Å². The van der Waals surface area contributed by atoms with Crippen LogP contribution in [0.25, 0.3) is 10.9 Å². The first kappa shape index (κ1) is 12.0. The predicted molar refractivity (Wildman–Crippen MR) is 72.6 cm³/mol. The van der Waals surface area contributed by atoms with Gasteiger partial charge in [-0.2, -0.15) is 0 Å². The minimum absolute atomic E-state index is 0.409. The van der Waals surface area contributed by atoms with E-state index in [0.717, 1.165) is 16.9 Å². The summed E-state index contributed by atoms with van der Waals surface area (Å²) < 4.78 is 0. The third-order valence-electron chi connectivity index (χ3n) is 3.58. The van der Waals surface area contributed by atoms with Crippen LogP contribution in [0.4, 0.5) is 0 Å². The molecule has 0 bridgehead atoms. The molecule has 0 saturated carbocycles. The van der Waals surface area contributed by atoms with E-state index < -0.39 is 0 Å². The average molecular weight is 228 g/mol. The first-order chi connectivity index (χ1) is 7.93. The molecule has 2 heteroatoms. The fourth-order valence-corrected chi connectivity index (χ4v) is 2.33. The van der Waals surface area contributed by atoms with Gasteiger partial charge in [0.15, 0.2) is 0 Å². The maximum atomic E-state index is 4.76. The third-order valence-corrected chi connectivity index (χ3v) is 3.58. The van der Waals surface area contributed by atoms with Crippen LogP contribution in [0.15, 0.2) is 6.20 Å². The highest BCUT2D eigenvalue weighted by atomic mass is 14.8. The number of rotatable bonds is 1. The van der Waals surface area contributed by atoms with Gasteiger partial charge in [-0.15, -0.1) is 0 Å². The van der Waals surface area contributed by atoms with Crippen LogP contribution in [0.5, 0.6) is 0 Å². The molecule has 2 rings (SSSR count). The Balaban J connectivity index is 2.97. The molecule has 0 radical (unpaired) electrons. The molecule has 0 unspecified atom stereocenters. The van der Waals surface area contributed by atoms with Crippen molar-refractivity contribution in [2.75, 3.05) is 0 Å². The van der Waals surface area contributed by atoms with E-state index in [1.54, 1.807) is 0 Å². The quantitative estimate of drug-likeness (QED) is 0.737. The second-order valence-corrected chi connectivity index (χ2v) is 5.15. The minimum atomic E-state index is 0.409. The molecule has 2 heterocycles. The Morgan fingerprint density at radius 2 is 1.65 bits per heavy atom. The van der Waals surface area contributed by atoms with Crippen molar-refractivity contribution < 1.29 is 0 Å². The highest BCUT2D eigenvalue weighted by molar-refractivity contribution is 5.88. The fraction of sp³-hybridized carbons (Fsp3) is 0.467. The summed E-state index contributed by atoms with van der Waals surface area (Å²) in [5.74, 6) is 0.409. The van der Waals surface area contributed by atoms with Crippen LogP contribution in [0, 0.1) is 27.7 Å². The molecule has 17 heavy (non-hydrogen) atoms. The number of aromatic nitrogens is 2. The van der Waals surface area contributed by atoms with Crippen LogP contribution in [0.1, 0.15) is 47.8 Å². The van der Waals surface area contributed by atoms with Gasteiger partial charge in [0, 0.05) is 17.3 Å². The van der Waals surface area contributed by atoms with E-state index in [4.69, 9.17) is 4.98 Å². The Hall–Kier alpha value is -1.44. The molecule has 0 aliphatic heterocycles. The number of hydrogen-bond acceptors (Lipinski definition) is 2. The lowest BCUT2D eigenvalue weighted by Crippen LogP contribution is -2.02. The molecule has 0 amide bonds. The summed E-state index contributed by atoms with van der Waals surface area (Å²) in [7, 11) is 0. The lowest BCUT2D eigenvalue weighted by Gasteiger charge is -2.15. The summed E-state index contributed by atoms with van der Waals surface area (Å²) in [5.41, 5.74) is 7.16. The number of hydrogen-bond donors (Lipinski definition) is 0. The molecule has 2 nitrogen and oxygen atoms in total. The van der Waals surface area contributed by atoms with Crippen molar-refractivity contribution in [1.29, 1.82) is 0 Å². The van der Waals surface area contributed by atoms with Crippen LogP contribution < -0.4 is 0 Å². The largest absolute Gasteiger partial charge is 0.258 e. The second kappa shape index (κ2) is 4.10. The molecule has 0 spiro atoms. The van der Waals surface area contributed by atoms with Crippen molar-refractivity contribution in [1.82, 2.24) is 9.97 Å². The number of fused-ring (bicyclic) bond motifs is 1. The van der Waals surface area contributed by atoms with Gasteiger partial charge in [-0.3, -0.25) is 9.97 Å². The highest BCUT2D eigenvalue weighted by Gasteiger charge is 2.14. The predicted octanol–water partition coefficient (Wildman–Crippen LogP) is 3.99. The average Bonchev–Trinajstić information content (AvgIpc) is 2.25. The Morgan fingerprint density at radius 3 is 2.24 bits per heavy atom. The molecule has 0 aliphatic carbocycles. The van der Waals surface area contributed by atoms with Crippen molar-refractivity contribution in [3.05, 3.63) is 34.3 Å². The van der Waals surface area contributed by atoms with Gasteiger partial charge in [0.05, 0.1) is 11.2 Å². The number of nitrogens with zero attached hydrogens (tertiary/aromatic N) is 2. The van der Waals surface area contributed by atoms with E-state index >= 15 is 0 Å². The monoisotopic (exact) mass is 228 g/mol. The maximum absolute atomic E-state index is 4.76. The Kier molecular flexibility index (Phi) is 2.90. The van der Waals surface area contributed by atoms with Gasteiger partial charge in [-0.25, -0.2) is 0 Å². The van der Waals surface area contributed by atoms with Gasteiger partial charge in [0.1, 0.15) is 0 Å². The summed E-state index contributed by atoms with van der Waals surface area (Å²) in [6, 6.07) is 0. The number of pyridine rings is 2. The lowest BCUT2D eigenvalue weighted by molar-refractivity contribution is 0.828. The molecule has 0 N–H and O–H groups in total. The zero-order valence-corrected chi connectivity index (χ0v) is 11.5. The molecule has 0 fully saturated rings. The maximum Gasteiger partial charge on any atom is 0.0928 e. The zero-order valence-electron chi connectivity index (χ0n) is 11.5. The summed E-state index contributed by atoms with van der Waals surface area (Å²) in [6.45, 7) is 12.9. The van der Waals surface area contributed by atoms with E-state index in [1.165, 1.54) is 22.1 Å². The third kappa shape index (κ3) is 1.82. The first-order valence-electron chi connectivity index (χ1n) is 6.16. The lowest BCUT2D eigenvalue weighted by atomic mass is 9.97. The minimum Gasteiger partial charge on any atom is -0.258 e. The molecule has 0 atom stereocenters.